The second-order valence-corrected chi connectivity index (χ2v) is 14.8. The molecular weight excluding hydrogens is 617 g/mol. The summed E-state index contributed by atoms with van der Waals surface area (Å²) in [6.45, 7) is 4.24. The number of anilines is 3. The van der Waals surface area contributed by atoms with Crippen LogP contribution in [-0.2, 0) is 9.84 Å². The molecule has 0 atom stereocenters. The molecule has 0 bridgehead atoms. The monoisotopic (exact) mass is 646 g/mol. The van der Waals surface area contributed by atoms with Crippen LogP contribution >= 0.6 is 11.8 Å². The van der Waals surface area contributed by atoms with Gasteiger partial charge in [-0.05, 0) is 91.2 Å². The van der Waals surface area contributed by atoms with Gasteiger partial charge < -0.3 is 4.90 Å². The molecular formula is C41H30N2O2S2. The number of benzene rings is 6. The number of hydrogen-bond donors (Lipinski definition) is 0. The van der Waals surface area contributed by atoms with Gasteiger partial charge in [0.15, 0.2) is 0 Å². The number of hydrogen-bond acceptors (Lipinski definition) is 5. The molecule has 0 unspecified atom stereocenters. The van der Waals surface area contributed by atoms with Crippen LogP contribution in [0.2, 0.25) is 0 Å². The van der Waals surface area contributed by atoms with Gasteiger partial charge in [-0.25, -0.2) is 13.4 Å². The Balaban J connectivity index is 1.37. The zero-order chi connectivity index (χ0) is 32.1. The number of para-hydroxylation sites is 2. The van der Waals surface area contributed by atoms with Crippen LogP contribution < -0.4 is 4.90 Å². The number of aromatic nitrogens is 1. The minimum atomic E-state index is -3.64. The van der Waals surface area contributed by atoms with Gasteiger partial charge >= 0.3 is 0 Å². The number of rotatable bonds is 5. The van der Waals surface area contributed by atoms with Crippen molar-refractivity contribution in [3.05, 3.63) is 157 Å². The first-order valence-corrected chi connectivity index (χ1v) is 17.8. The van der Waals surface area contributed by atoms with E-state index in [4.69, 9.17) is 4.98 Å². The van der Waals surface area contributed by atoms with E-state index in [9.17, 15) is 8.42 Å². The van der Waals surface area contributed by atoms with Gasteiger partial charge in [0.25, 0.3) is 0 Å². The van der Waals surface area contributed by atoms with E-state index >= 15 is 0 Å². The summed E-state index contributed by atoms with van der Waals surface area (Å²) in [7, 11) is -3.64. The predicted molar refractivity (Wildman–Crippen MR) is 193 cm³/mol. The quantitative estimate of drug-likeness (QED) is 0.186. The fraction of sp³-hybridized carbons (Fsp3) is 0.0488. The summed E-state index contributed by atoms with van der Waals surface area (Å²) < 4.78 is 26.7. The highest BCUT2D eigenvalue weighted by molar-refractivity contribution is 7.99. The number of nitrogens with zero attached hydrogens (tertiary/aromatic N) is 2. The first kappa shape index (κ1) is 29.2. The fourth-order valence-electron chi connectivity index (χ4n) is 6.29. The third-order valence-electron chi connectivity index (χ3n) is 8.70. The molecule has 0 radical (unpaired) electrons. The third kappa shape index (κ3) is 5.10. The third-order valence-corrected chi connectivity index (χ3v) is 11.6. The maximum atomic E-state index is 13.4. The van der Waals surface area contributed by atoms with Gasteiger partial charge in [0, 0.05) is 20.7 Å². The van der Waals surface area contributed by atoms with E-state index in [2.05, 4.69) is 110 Å². The number of sulfone groups is 1. The molecule has 228 valence electrons. The molecule has 2 heterocycles. The SMILES string of the molecule is Cc1ccc(-c2cc(-c3ccc(S(=O)(=O)c4ccccc4)cc3)nc3c(N4c5ccccc5Sc5ccccc54)ccc(C)c23)cc1. The summed E-state index contributed by atoms with van der Waals surface area (Å²) in [5.41, 5.74) is 10.2. The van der Waals surface area contributed by atoms with Crippen molar-refractivity contribution in [2.75, 3.05) is 4.90 Å². The Morgan fingerprint density at radius 3 is 1.81 bits per heavy atom. The van der Waals surface area contributed by atoms with Gasteiger partial charge in [0.1, 0.15) is 0 Å². The Morgan fingerprint density at radius 2 is 1.15 bits per heavy atom. The topological polar surface area (TPSA) is 50.3 Å². The lowest BCUT2D eigenvalue weighted by Gasteiger charge is -2.33. The molecule has 0 amide bonds. The molecule has 0 spiro atoms. The summed E-state index contributed by atoms with van der Waals surface area (Å²) in [6.07, 6.45) is 0. The molecule has 4 nitrogen and oxygen atoms in total. The van der Waals surface area contributed by atoms with Gasteiger partial charge in [-0.2, -0.15) is 0 Å². The molecule has 6 aromatic carbocycles. The van der Waals surface area contributed by atoms with Crippen molar-refractivity contribution < 1.29 is 8.42 Å². The zero-order valence-electron chi connectivity index (χ0n) is 25.9. The minimum absolute atomic E-state index is 0.252. The Labute approximate surface area is 279 Å². The van der Waals surface area contributed by atoms with Crippen molar-refractivity contribution in [2.45, 2.75) is 33.4 Å². The Kier molecular flexibility index (Phi) is 7.20. The number of aryl methyl sites for hydroxylation is 2. The maximum absolute atomic E-state index is 13.4. The molecule has 1 aliphatic heterocycles. The van der Waals surface area contributed by atoms with E-state index in [1.54, 1.807) is 48.2 Å². The first-order chi connectivity index (χ1) is 22.9. The van der Waals surface area contributed by atoms with Crippen molar-refractivity contribution in [1.29, 1.82) is 0 Å². The lowest BCUT2D eigenvalue weighted by Crippen LogP contribution is -2.15. The smallest absolute Gasteiger partial charge is 0.206 e. The highest BCUT2D eigenvalue weighted by Gasteiger charge is 2.27. The summed E-state index contributed by atoms with van der Waals surface area (Å²) in [6, 6.07) is 47.7. The van der Waals surface area contributed by atoms with Gasteiger partial charge in [-0.3, -0.25) is 0 Å². The highest BCUT2D eigenvalue weighted by atomic mass is 32.2. The molecule has 0 N–H and O–H groups in total. The molecule has 0 saturated heterocycles. The van der Waals surface area contributed by atoms with E-state index in [0.29, 0.717) is 0 Å². The average molecular weight is 647 g/mol. The van der Waals surface area contributed by atoms with Crippen molar-refractivity contribution in [3.63, 3.8) is 0 Å². The second kappa shape index (κ2) is 11.6. The summed E-state index contributed by atoms with van der Waals surface area (Å²) >= 11 is 1.78. The van der Waals surface area contributed by atoms with E-state index in [0.717, 1.165) is 55.9 Å². The maximum Gasteiger partial charge on any atom is 0.206 e. The predicted octanol–water partition coefficient (Wildman–Crippen LogP) is 11.0. The minimum Gasteiger partial charge on any atom is -0.306 e. The average Bonchev–Trinajstić information content (AvgIpc) is 3.11. The molecule has 7 aromatic rings. The first-order valence-electron chi connectivity index (χ1n) is 15.5. The Bertz CT molecular complexity index is 2360. The van der Waals surface area contributed by atoms with Crippen LogP contribution in [0.3, 0.4) is 0 Å². The van der Waals surface area contributed by atoms with Crippen molar-refractivity contribution in [2.24, 2.45) is 0 Å². The van der Waals surface area contributed by atoms with Crippen LogP contribution in [0.1, 0.15) is 11.1 Å². The normalized spacial score (nSPS) is 12.5. The van der Waals surface area contributed by atoms with E-state index < -0.39 is 9.84 Å². The van der Waals surface area contributed by atoms with Crippen LogP contribution in [0, 0.1) is 13.8 Å². The lowest BCUT2D eigenvalue weighted by atomic mass is 9.94. The molecule has 0 aliphatic carbocycles. The summed E-state index contributed by atoms with van der Waals surface area (Å²) in [4.78, 5) is 10.6. The second-order valence-electron chi connectivity index (χ2n) is 11.8. The van der Waals surface area contributed by atoms with Crippen LogP contribution in [0.25, 0.3) is 33.3 Å². The van der Waals surface area contributed by atoms with Gasteiger partial charge in [-0.15, -0.1) is 0 Å². The largest absolute Gasteiger partial charge is 0.306 e. The number of fused-ring (bicyclic) bond motifs is 3. The Hall–Kier alpha value is -5.17. The summed E-state index contributed by atoms with van der Waals surface area (Å²) in [5.74, 6) is 0. The number of pyridine rings is 1. The van der Waals surface area contributed by atoms with Crippen molar-refractivity contribution in [3.8, 4) is 22.4 Å². The highest BCUT2D eigenvalue weighted by Crippen LogP contribution is 2.53. The van der Waals surface area contributed by atoms with E-state index in [1.165, 1.54) is 15.4 Å². The van der Waals surface area contributed by atoms with E-state index in [-0.39, 0.29) is 9.79 Å². The molecule has 8 rings (SSSR count). The fourth-order valence-corrected chi connectivity index (χ4v) is 8.63. The van der Waals surface area contributed by atoms with Gasteiger partial charge in [0.2, 0.25) is 9.84 Å². The summed E-state index contributed by atoms with van der Waals surface area (Å²) in [5, 5.41) is 1.09. The van der Waals surface area contributed by atoms with Gasteiger partial charge in [0.05, 0.1) is 38.1 Å². The van der Waals surface area contributed by atoms with Crippen LogP contribution in [0.15, 0.2) is 165 Å². The van der Waals surface area contributed by atoms with Crippen LogP contribution in [0.5, 0.6) is 0 Å². The molecule has 0 fully saturated rings. The molecule has 1 aromatic heterocycles. The zero-order valence-corrected chi connectivity index (χ0v) is 27.5. The molecule has 1 aliphatic rings. The van der Waals surface area contributed by atoms with Crippen molar-refractivity contribution in [1.82, 2.24) is 4.98 Å². The Morgan fingerprint density at radius 1 is 0.574 bits per heavy atom. The van der Waals surface area contributed by atoms with Gasteiger partial charge in [-0.1, -0.05) is 102 Å². The van der Waals surface area contributed by atoms with Crippen LogP contribution in [-0.4, -0.2) is 13.4 Å². The lowest BCUT2D eigenvalue weighted by molar-refractivity contribution is 0.596. The van der Waals surface area contributed by atoms with E-state index in [1.807, 2.05) is 18.2 Å². The standard InChI is InChI=1S/C41H30N2O2S2/c1-27-16-19-29(20-17-27)33-26-34(30-21-23-32(24-22-30)47(44,45)31-10-4-3-5-11-31)42-41-37(25-18-28(2)40(33)41)43-35-12-6-8-14-38(35)46-39-15-9-7-13-36(39)43/h3-26H,1-2H3. The van der Waals surface area contributed by atoms with Crippen molar-refractivity contribution >= 4 is 49.6 Å². The molecule has 0 saturated carbocycles. The molecule has 47 heavy (non-hydrogen) atoms. The van der Waals surface area contributed by atoms with Crippen LogP contribution in [0.4, 0.5) is 17.1 Å². The molecule has 6 heteroatoms.